The Labute approximate surface area is 113 Å². The quantitative estimate of drug-likeness (QED) is 0.853. The first-order valence-electron chi connectivity index (χ1n) is 5.59. The van der Waals surface area contributed by atoms with Gasteiger partial charge in [0.1, 0.15) is 11.6 Å². The molecule has 98 valence electrons. The zero-order chi connectivity index (χ0) is 13.0. The number of hydrogen-bond donors (Lipinski definition) is 0. The minimum Gasteiger partial charge on any atom is -0.484 e. The highest BCUT2D eigenvalue weighted by molar-refractivity contribution is 9.10. The van der Waals surface area contributed by atoms with Crippen molar-refractivity contribution >= 4 is 21.8 Å². The Morgan fingerprint density at radius 3 is 2.78 bits per heavy atom. The largest absolute Gasteiger partial charge is 0.484 e. The van der Waals surface area contributed by atoms with Crippen molar-refractivity contribution in [1.82, 2.24) is 4.90 Å². The van der Waals surface area contributed by atoms with Gasteiger partial charge in [-0.15, -0.1) is 0 Å². The maximum Gasteiger partial charge on any atom is 0.260 e. The maximum absolute atomic E-state index is 13.1. The van der Waals surface area contributed by atoms with Crippen molar-refractivity contribution in [2.75, 3.05) is 32.9 Å². The Hall–Kier alpha value is -1.14. The van der Waals surface area contributed by atoms with Gasteiger partial charge in [0.25, 0.3) is 5.91 Å². The number of ether oxygens (including phenoxy) is 2. The van der Waals surface area contributed by atoms with Gasteiger partial charge in [0, 0.05) is 23.6 Å². The van der Waals surface area contributed by atoms with Crippen molar-refractivity contribution in [2.45, 2.75) is 0 Å². The number of carbonyl (C=O) groups is 1. The molecule has 1 aromatic carbocycles. The second-order valence-corrected chi connectivity index (χ2v) is 4.80. The van der Waals surface area contributed by atoms with E-state index in [4.69, 9.17) is 9.47 Å². The van der Waals surface area contributed by atoms with Crippen molar-refractivity contribution in [3.63, 3.8) is 0 Å². The SMILES string of the molecule is O=C(COc1cc(F)cc(Br)c1)N1CCOCC1. The summed E-state index contributed by atoms with van der Waals surface area (Å²) in [5.41, 5.74) is 0. The zero-order valence-corrected chi connectivity index (χ0v) is 11.3. The molecule has 0 saturated carbocycles. The number of nitrogens with zero attached hydrogens (tertiary/aromatic N) is 1. The average Bonchev–Trinajstić information content (AvgIpc) is 2.36. The van der Waals surface area contributed by atoms with Crippen LogP contribution in [0.1, 0.15) is 0 Å². The molecule has 1 amide bonds. The normalized spacial score (nSPS) is 15.6. The van der Waals surface area contributed by atoms with E-state index in [1.807, 2.05) is 0 Å². The molecule has 6 heteroatoms. The first kappa shape index (κ1) is 13.3. The molecular weight excluding hydrogens is 305 g/mol. The number of morpholine rings is 1. The molecule has 2 rings (SSSR count). The monoisotopic (exact) mass is 317 g/mol. The number of amides is 1. The third kappa shape index (κ3) is 3.68. The summed E-state index contributed by atoms with van der Waals surface area (Å²) in [7, 11) is 0. The lowest BCUT2D eigenvalue weighted by Crippen LogP contribution is -2.42. The van der Waals surface area contributed by atoms with E-state index in [2.05, 4.69) is 15.9 Å². The fraction of sp³-hybridized carbons (Fsp3) is 0.417. The minimum absolute atomic E-state index is 0.0874. The van der Waals surface area contributed by atoms with Crippen LogP contribution in [0.4, 0.5) is 4.39 Å². The first-order valence-corrected chi connectivity index (χ1v) is 6.39. The molecule has 18 heavy (non-hydrogen) atoms. The Balaban J connectivity index is 1.88. The second-order valence-electron chi connectivity index (χ2n) is 3.89. The Kier molecular flexibility index (Phi) is 4.54. The highest BCUT2D eigenvalue weighted by Gasteiger charge is 2.17. The van der Waals surface area contributed by atoms with Crippen LogP contribution in [0.2, 0.25) is 0 Å². The van der Waals surface area contributed by atoms with Gasteiger partial charge in [-0.2, -0.15) is 0 Å². The lowest BCUT2D eigenvalue weighted by atomic mass is 10.3. The summed E-state index contributed by atoms with van der Waals surface area (Å²) in [4.78, 5) is 13.5. The van der Waals surface area contributed by atoms with E-state index >= 15 is 0 Å². The van der Waals surface area contributed by atoms with E-state index < -0.39 is 5.82 Å². The van der Waals surface area contributed by atoms with Gasteiger partial charge in [-0.3, -0.25) is 4.79 Å². The standard InChI is InChI=1S/C12H13BrFNO3/c13-9-5-10(14)7-11(6-9)18-8-12(16)15-1-3-17-4-2-15/h5-7H,1-4,8H2. The summed E-state index contributed by atoms with van der Waals surface area (Å²) in [6.45, 7) is 2.18. The van der Waals surface area contributed by atoms with E-state index in [1.165, 1.54) is 12.1 Å². The van der Waals surface area contributed by atoms with Gasteiger partial charge in [-0.05, 0) is 12.1 Å². The van der Waals surface area contributed by atoms with Crippen LogP contribution >= 0.6 is 15.9 Å². The average molecular weight is 318 g/mol. The van der Waals surface area contributed by atoms with Gasteiger partial charge in [-0.1, -0.05) is 15.9 Å². The molecule has 0 bridgehead atoms. The molecule has 0 aliphatic carbocycles. The summed E-state index contributed by atoms with van der Waals surface area (Å²) in [5, 5.41) is 0. The van der Waals surface area contributed by atoms with Crippen molar-refractivity contribution < 1.29 is 18.7 Å². The van der Waals surface area contributed by atoms with Crippen LogP contribution in [0.25, 0.3) is 0 Å². The Morgan fingerprint density at radius 2 is 2.11 bits per heavy atom. The second kappa shape index (κ2) is 6.15. The summed E-state index contributed by atoms with van der Waals surface area (Å²) < 4.78 is 24.1. The topological polar surface area (TPSA) is 38.8 Å². The smallest absolute Gasteiger partial charge is 0.260 e. The number of benzene rings is 1. The molecule has 0 unspecified atom stereocenters. The lowest BCUT2D eigenvalue weighted by molar-refractivity contribution is -0.137. The van der Waals surface area contributed by atoms with Gasteiger partial charge in [-0.25, -0.2) is 4.39 Å². The van der Waals surface area contributed by atoms with Crippen molar-refractivity contribution in [3.8, 4) is 5.75 Å². The number of carbonyl (C=O) groups excluding carboxylic acids is 1. The molecule has 4 nitrogen and oxygen atoms in total. The maximum atomic E-state index is 13.1. The van der Waals surface area contributed by atoms with Crippen LogP contribution in [0.3, 0.4) is 0 Å². The minimum atomic E-state index is -0.404. The fourth-order valence-corrected chi connectivity index (χ4v) is 2.11. The van der Waals surface area contributed by atoms with E-state index in [0.717, 1.165) is 0 Å². The first-order chi connectivity index (χ1) is 8.65. The molecule has 1 aliphatic rings. The predicted octanol–water partition coefficient (Wildman–Crippen LogP) is 1.83. The molecule has 0 aromatic heterocycles. The Morgan fingerprint density at radius 1 is 1.39 bits per heavy atom. The molecule has 0 N–H and O–H groups in total. The van der Waals surface area contributed by atoms with E-state index in [1.54, 1.807) is 11.0 Å². The Bertz CT molecular complexity index is 415. The number of rotatable bonds is 3. The number of hydrogen-bond acceptors (Lipinski definition) is 3. The summed E-state index contributed by atoms with van der Waals surface area (Å²) in [5.74, 6) is -0.180. The molecular formula is C12H13BrFNO3. The van der Waals surface area contributed by atoms with Gasteiger partial charge in [0.15, 0.2) is 6.61 Å². The molecule has 0 atom stereocenters. The molecule has 1 heterocycles. The molecule has 0 spiro atoms. The van der Waals surface area contributed by atoms with Crippen LogP contribution in [0.15, 0.2) is 22.7 Å². The number of halogens is 2. The van der Waals surface area contributed by atoms with E-state index in [9.17, 15) is 9.18 Å². The van der Waals surface area contributed by atoms with Crippen molar-refractivity contribution in [2.24, 2.45) is 0 Å². The van der Waals surface area contributed by atoms with Crippen LogP contribution in [0.5, 0.6) is 5.75 Å². The van der Waals surface area contributed by atoms with Crippen molar-refractivity contribution in [1.29, 1.82) is 0 Å². The molecule has 1 aliphatic heterocycles. The van der Waals surface area contributed by atoms with Crippen LogP contribution in [0, 0.1) is 5.82 Å². The molecule has 1 aromatic rings. The van der Waals surface area contributed by atoms with Gasteiger partial charge >= 0.3 is 0 Å². The fourth-order valence-electron chi connectivity index (χ4n) is 1.66. The van der Waals surface area contributed by atoms with Gasteiger partial charge < -0.3 is 14.4 Å². The van der Waals surface area contributed by atoms with Gasteiger partial charge in [0.2, 0.25) is 0 Å². The summed E-state index contributed by atoms with van der Waals surface area (Å²) >= 11 is 3.16. The summed E-state index contributed by atoms with van der Waals surface area (Å²) in [6, 6.07) is 4.20. The molecule has 1 saturated heterocycles. The van der Waals surface area contributed by atoms with E-state index in [-0.39, 0.29) is 12.5 Å². The molecule has 0 radical (unpaired) electrons. The van der Waals surface area contributed by atoms with Crippen molar-refractivity contribution in [3.05, 3.63) is 28.5 Å². The van der Waals surface area contributed by atoms with Crippen LogP contribution in [-0.4, -0.2) is 43.7 Å². The third-order valence-corrected chi connectivity index (χ3v) is 3.02. The van der Waals surface area contributed by atoms with Crippen LogP contribution < -0.4 is 4.74 Å². The lowest BCUT2D eigenvalue weighted by Gasteiger charge is -2.26. The van der Waals surface area contributed by atoms with E-state index in [0.29, 0.717) is 36.5 Å². The molecule has 1 fully saturated rings. The third-order valence-electron chi connectivity index (χ3n) is 2.56. The predicted molar refractivity (Wildman–Crippen MR) is 67.0 cm³/mol. The highest BCUT2D eigenvalue weighted by atomic mass is 79.9. The zero-order valence-electron chi connectivity index (χ0n) is 9.70. The highest BCUT2D eigenvalue weighted by Crippen LogP contribution is 2.20. The van der Waals surface area contributed by atoms with Gasteiger partial charge in [0.05, 0.1) is 13.2 Å². The van der Waals surface area contributed by atoms with Crippen LogP contribution in [-0.2, 0) is 9.53 Å². The summed E-state index contributed by atoms with van der Waals surface area (Å²) in [6.07, 6.45) is 0.